The third kappa shape index (κ3) is 3.06. The van der Waals surface area contributed by atoms with Gasteiger partial charge in [0.05, 0.1) is 6.04 Å². The van der Waals surface area contributed by atoms with E-state index in [1.54, 1.807) is 12.4 Å². The van der Waals surface area contributed by atoms with Crippen molar-refractivity contribution in [3.8, 4) is 0 Å². The maximum atomic E-state index is 5.65. The van der Waals surface area contributed by atoms with E-state index in [1.807, 2.05) is 12.1 Å². The highest BCUT2D eigenvalue weighted by Crippen LogP contribution is 2.21. The van der Waals surface area contributed by atoms with Crippen molar-refractivity contribution >= 4 is 23.0 Å². The van der Waals surface area contributed by atoms with Crippen molar-refractivity contribution in [3.63, 3.8) is 0 Å². The summed E-state index contributed by atoms with van der Waals surface area (Å²) in [6.07, 6.45) is 3.20. The van der Waals surface area contributed by atoms with Crippen LogP contribution in [0.5, 0.6) is 0 Å². The van der Waals surface area contributed by atoms with Crippen LogP contribution in [0, 0.1) is 6.92 Å². The quantitative estimate of drug-likeness (QED) is 0.838. The Balaban J connectivity index is 2.27. The zero-order chi connectivity index (χ0) is 13.8. The summed E-state index contributed by atoms with van der Waals surface area (Å²) in [6, 6.07) is 8.31. The van der Waals surface area contributed by atoms with Crippen molar-refractivity contribution in [3.05, 3.63) is 53.5 Å². The van der Waals surface area contributed by atoms with Crippen molar-refractivity contribution in [1.82, 2.24) is 9.97 Å². The molecule has 4 nitrogen and oxygen atoms in total. The molecule has 0 radical (unpaired) electrons. The Morgan fingerprint density at radius 3 is 2.63 bits per heavy atom. The molecule has 1 aromatic carbocycles. The number of aromatic nitrogens is 2. The summed E-state index contributed by atoms with van der Waals surface area (Å²) < 4.78 is 0. The number of nitrogens with two attached hydrogens (primary N) is 1. The molecular weight excluding hydrogens is 256 g/mol. The van der Waals surface area contributed by atoms with Gasteiger partial charge in [-0.15, -0.1) is 0 Å². The first-order valence-electron chi connectivity index (χ1n) is 6.02. The van der Waals surface area contributed by atoms with E-state index >= 15 is 0 Å². The van der Waals surface area contributed by atoms with E-state index in [2.05, 4.69) is 41.3 Å². The van der Waals surface area contributed by atoms with Gasteiger partial charge >= 0.3 is 0 Å². The van der Waals surface area contributed by atoms with E-state index in [0.29, 0.717) is 11.5 Å². The highest BCUT2D eigenvalue weighted by molar-refractivity contribution is 7.80. The second-order valence-electron chi connectivity index (χ2n) is 4.34. The number of nitrogens with one attached hydrogen (secondary N) is 1. The van der Waals surface area contributed by atoms with Gasteiger partial charge in [0.2, 0.25) is 0 Å². The molecule has 1 aromatic heterocycles. The van der Waals surface area contributed by atoms with Crippen LogP contribution in [-0.2, 0) is 0 Å². The Bertz CT molecular complexity index is 598. The molecule has 1 atom stereocenters. The SMILES string of the molecule is Cc1ccccc1C(C)Nc1nccnc1C(N)=S. The fourth-order valence-electron chi connectivity index (χ4n) is 1.98. The number of rotatable bonds is 4. The van der Waals surface area contributed by atoms with Gasteiger partial charge in [0.15, 0.2) is 5.82 Å². The number of hydrogen-bond donors (Lipinski definition) is 2. The fraction of sp³-hybridized carbons (Fsp3) is 0.214. The minimum atomic E-state index is 0.103. The molecular formula is C14H16N4S. The number of nitrogens with zero attached hydrogens (tertiary/aromatic N) is 2. The minimum absolute atomic E-state index is 0.103. The average molecular weight is 272 g/mol. The summed E-state index contributed by atoms with van der Waals surface area (Å²) in [5.41, 5.74) is 8.61. The topological polar surface area (TPSA) is 63.8 Å². The second kappa shape index (κ2) is 5.75. The zero-order valence-corrected chi connectivity index (χ0v) is 11.7. The molecule has 0 aliphatic heterocycles. The third-order valence-electron chi connectivity index (χ3n) is 2.94. The molecule has 0 saturated carbocycles. The van der Waals surface area contributed by atoms with E-state index in [-0.39, 0.29) is 11.0 Å². The molecule has 0 amide bonds. The highest BCUT2D eigenvalue weighted by Gasteiger charge is 2.13. The van der Waals surface area contributed by atoms with Gasteiger partial charge in [0.25, 0.3) is 0 Å². The number of thiocarbonyl (C=S) groups is 1. The summed E-state index contributed by atoms with van der Waals surface area (Å²) in [5.74, 6) is 0.616. The monoisotopic (exact) mass is 272 g/mol. The van der Waals surface area contributed by atoms with E-state index in [0.717, 1.165) is 0 Å². The van der Waals surface area contributed by atoms with Crippen molar-refractivity contribution < 1.29 is 0 Å². The predicted molar refractivity (Wildman–Crippen MR) is 81.1 cm³/mol. The molecule has 2 rings (SSSR count). The molecule has 3 N–H and O–H groups in total. The standard InChI is InChI=1S/C14H16N4S/c1-9-5-3-4-6-11(9)10(2)18-14-12(13(15)19)16-7-8-17-14/h3-8,10H,1-2H3,(H2,15,19)(H,17,18). The first kappa shape index (κ1) is 13.4. The fourth-order valence-corrected chi connectivity index (χ4v) is 2.13. The van der Waals surface area contributed by atoms with Gasteiger partial charge in [-0.1, -0.05) is 36.5 Å². The lowest BCUT2D eigenvalue weighted by atomic mass is 10.0. The molecule has 0 fully saturated rings. The number of benzene rings is 1. The van der Waals surface area contributed by atoms with Gasteiger partial charge in [0, 0.05) is 12.4 Å². The Hall–Kier alpha value is -2.01. The molecule has 98 valence electrons. The van der Waals surface area contributed by atoms with E-state index in [4.69, 9.17) is 18.0 Å². The normalized spacial score (nSPS) is 11.9. The van der Waals surface area contributed by atoms with Crippen molar-refractivity contribution in [2.45, 2.75) is 19.9 Å². The lowest BCUT2D eigenvalue weighted by Gasteiger charge is -2.18. The summed E-state index contributed by atoms with van der Waals surface area (Å²) in [4.78, 5) is 8.65. The maximum absolute atomic E-state index is 5.65. The largest absolute Gasteiger partial charge is 0.388 e. The lowest BCUT2D eigenvalue weighted by molar-refractivity contribution is 0.861. The predicted octanol–water partition coefficient (Wildman–Crippen LogP) is 2.59. The van der Waals surface area contributed by atoms with Gasteiger partial charge in [-0.25, -0.2) is 9.97 Å². The molecule has 19 heavy (non-hydrogen) atoms. The minimum Gasteiger partial charge on any atom is -0.388 e. The first-order chi connectivity index (χ1) is 9.09. The summed E-state index contributed by atoms with van der Waals surface area (Å²) in [7, 11) is 0. The number of anilines is 1. The van der Waals surface area contributed by atoms with E-state index < -0.39 is 0 Å². The zero-order valence-electron chi connectivity index (χ0n) is 10.9. The smallest absolute Gasteiger partial charge is 0.155 e. The molecule has 1 heterocycles. The second-order valence-corrected chi connectivity index (χ2v) is 4.78. The van der Waals surface area contributed by atoms with Crippen LogP contribution in [0.25, 0.3) is 0 Å². The van der Waals surface area contributed by atoms with Crippen LogP contribution in [0.1, 0.15) is 29.8 Å². The Labute approximate surface area is 118 Å². The van der Waals surface area contributed by atoms with Crippen LogP contribution in [0.4, 0.5) is 5.82 Å². The molecule has 2 aromatic rings. The average Bonchev–Trinajstić information content (AvgIpc) is 2.39. The Kier molecular flexibility index (Phi) is 4.06. The third-order valence-corrected chi connectivity index (χ3v) is 3.13. The highest BCUT2D eigenvalue weighted by atomic mass is 32.1. The first-order valence-corrected chi connectivity index (χ1v) is 6.43. The van der Waals surface area contributed by atoms with Crippen molar-refractivity contribution in [2.24, 2.45) is 5.73 Å². The molecule has 1 unspecified atom stereocenters. The van der Waals surface area contributed by atoms with Crippen LogP contribution in [0.2, 0.25) is 0 Å². The molecule has 0 saturated heterocycles. The van der Waals surface area contributed by atoms with Crippen LogP contribution in [-0.4, -0.2) is 15.0 Å². The molecule has 0 aliphatic carbocycles. The van der Waals surface area contributed by atoms with Gasteiger partial charge in [0.1, 0.15) is 10.7 Å². The summed E-state index contributed by atoms with van der Waals surface area (Å²) >= 11 is 4.98. The molecule has 0 aliphatic rings. The Morgan fingerprint density at radius 1 is 1.26 bits per heavy atom. The summed E-state index contributed by atoms with van der Waals surface area (Å²) in [6.45, 7) is 4.15. The van der Waals surface area contributed by atoms with Gasteiger partial charge in [-0.2, -0.15) is 0 Å². The molecule has 5 heteroatoms. The van der Waals surface area contributed by atoms with E-state index in [9.17, 15) is 0 Å². The van der Waals surface area contributed by atoms with Crippen LogP contribution in [0.3, 0.4) is 0 Å². The van der Waals surface area contributed by atoms with Crippen molar-refractivity contribution in [1.29, 1.82) is 0 Å². The van der Waals surface area contributed by atoms with E-state index in [1.165, 1.54) is 11.1 Å². The summed E-state index contributed by atoms with van der Waals surface area (Å²) in [5, 5.41) is 3.31. The van der Waals surface area contributed by atoms with Gasteiger partial charge in [-0.05, 0) is 25.0 Å². The number of aryl methyl sites for hydroxylation is 1. The lowest BCUT2D eigenvalue weighted by Crippen LogP contribution is -2.18. The van der Waals surface area contributed by atoms with Gasteiger partial charge in [-0.3, -0.25) is 0 Å². The number of hydrogen-bond acceptors (Lipinski definition) is 4. The maximum Gasteiger partial charge on any atom is 0.155 e. The molecule has 0 bridgehead atoms. The van der Waals surface area contributed by atoms with Crippen molar-refractivity contribution in [2.75, 3.05) is 5.32 Å². The van der Waals surface area contributed by atoms with Crippen LogP contribution in [0.15, 0.2) is 36.7 Å². The molecule has 0 spiro atoms. The Morgan fingerprint density at radius 2 is 1.95 bits per heavy atom. The van der Waals surface area contributed by atoms with Crippen LogP contribution < -0.4 is 11.1 Å². The van der Waals surface area contributed by atoms with Gasteiger partial charge < -0.3 is 11.1 Å². The van der Waals surface area contributed by atoms with Crippen LogP contribution >= 0.6 is 12.2 Å².